The summed E-state index contributed by atoms with van der Waals surface area (Å²) in [5.41, 5.74) is 0.954. The van der Waals surface area contributed by atoms with Crippen molar-refractivity contribution in [2.75, 3.05) is 20.1 Å². The molecule has 7 heteroatoms. The topological polar surface area (TPSA) is 78.7 Å². The van der Waals surface area contributed by atoms with E-state index in [0.29, 0.717) is 26.1 Å². The third kappa shape index (κ3) is 3.28. The fraction of sp³-hybridized carbons (Fsp3) is 0.615. The minimum Gasteiger partial charge on any atom is -0.481 e. The van der Waals surface area contributed by atoms with Crippen LogP contribution < -0.4 is 0 Å². The molecule has 1 aliphatic rings. The first-order valence-corrected chi connectivity index (χ1v) is 6.67. The highest BCUT2D eigenvalue weighted by molar-refractivity contribution is 5.76. The first-order chi connectivity index (χ1) is 9.47. The predicted octanol–water partition coefficient (Wildman–Crippen LogP) is 0.769. The van der Waals surface area contributed by atoms with E-state index in [0.717, 1.165) is 12.0 Å². The maximum atomic E-state index is 12.3. The van der Waals surface area contributed by atoms with E-state index in [1.807, 2.05) is 13.2 Å². The molecular weight excluding hydrogens is 260 g/mol. The monoisotopic (exact) mass is 280 g/mol. The molecule has 2 rings (SSSR count). The number of carbonyl (C=O) groups is 2. The Labute approximate surface area is 117 Å². The van der Waals surface area contributed by atoms with Crippen molar-refractivity contribution >= 4 is 12.0 Å². The Morgan fingerprint density at radius 3 is 2.90 bits per heavy atom. The van der Waals surface area contributed by atoms with E-state index in [2.05, 4.69) is 5.10 Å². The first kappa shape index (κ1) is 14.4. The van der Waals surface area contributed by atoms with Crippen LogP contribution in [0.2, 0.25) is 0 Å². The van der Waals surface area contributed by atoms with E-state index in [4.69, 9.17) is 5.11 Å². The van der Waals surface area contributed by atoms with Gasteiger partial charge in [-0.1, -0.05) is 0 Å². The Morgan fingerprint density at radius 1 is 1.55 bits per heavy atom. The summed E-state index contributed by atoms with van der Waals surface area (Å²) < 4.78 is 1.69. The SMILES string of the molecule is CN(Cc1cnn(C)c1)C(=O)N1CCCC(C(=O)O)C1. The normalized spacial score (nSPS) is 18.9. The summed E-state index contributed by atoms with van der Waals surface area (Å²) in [7, 11) is 3.55. The van der Waals surface area contributed by atoms with Crippen LogP contribution in [0.25, 0.3) is 0 Å². The van der Waals surface area contributed by atoms with Gasteiger partial charge in [-0.2, -0.15) is 5.10 Å². The number of aliphatic carboxylic acids is 1. The summed E-state index contributed by atoms with van der Waals surface area (Å²) in [5, 5.41) is 13.1. The second-order valence-corrected chi connectivity index (χ2v) is 5.28. The Balaban J connectivity index is 1.94. The molecule has 1 unspecified atom stereocenters. The van der Waals surface area contributed by atoms with Crippen LogP contribution in [-0.4, -0.2) is 56.8 Å². The molecule has 1 fully saturated rings. The lowest BCUT2D eigenvalue weighted by Crippen LogP contribution is -2.47. The van der Waals surface area contributed by atoms with Gasteiger partial charge in [-0.25, -0.2) is 4.79 Å². The summed E-state index contributed by atoms with van der Waals surface area (Å²) in [6, 6.07) is -0.125. The third-order valence-corrected chi connectivity index (χ3v) is 3.55. The fourth-order valence-electron chi connectivity index (χ4n) is 2.49. The fourth-order valence-corrected chi connectivity index (χ4v) is 2.49. The van der Waals surface area contributed by atoms with Gasteiger partial charge < -0.3 is 14.9 Å². The van der Waals surface area contributed by atoms with Crippen LogP contribution in [-0.2, 0) is 18.4 Å². The van der Waals surface area contributed by atoms with Crippen LogP contribution in [0.5, 0.6) is 0 Å². The average molecular weight is 280 g/mol. The maximum absolute atomic E-state index is 12.3. The van der Waals surface area contributed by atoms with Gasteiger partial charge in [0.15, 0.2) is 0 Å². The van der Waals surface area contributed by atoms with Crippen LogP contribution in [0.4, 0.5) is 4.79 Å². The molecular formula is C13H20N4O3. The minimum absolute atomic E-state index is 0.125. The smallest absolute Gasteiger partial charge is 0.320 e. The molecule has 0 bridgehead atoms. The second-order valence-electron chi connectivity index (χ2n) is 5.28. The number of piperidine rings is 1. The van der Waals surface area contributed by atoms with E-state index < -0.39 is 11.9 Å². The molecule has 20 heavy (non-hydrogen) atoms. The molecule has 2 amide bonds. The lowest BCUT2D eigenvalue weighted by molar-refractivity contribution is -0.143. The molecule has 1 atom stereocenters. The van der Waals surface area contributed by atoms with Gasteiger partial charge >= 0.3 is 12.0 Å². The molecule has 1 aliphatic heterocycles. The summed E-state index contributed by atoms with van der Waals surface area (Å²) >= 11 is 0. The van der Waals surface area contributed by atoms with Crippen LogP contribution >= 0.6 is 0 Å². The van der Waals surface area contributed by atoms with Crippen molar-refractivity contribution in [1.29, 1.82) is 0 Å². The number of carboxylic acid groups (broad SMARTS) is 1. The number of likely N-dealkylation sites (tertiary alicyclic amines) is 1. The zero-order valence-electron chi connectivity index (χ0n) is 11.8. The Hall–Kier alpha value is -2.05. The number of nitrogens with zero attached hydrogens (tertiary/aromatic N) is 4. The molecule has 0 aliphatic carbocycles. The summed E-state index contributed by atoms with van der Waals surface area (Å²) in [6.07, 6.45) is 4.97. The zero-order chi connectivity index (χ0) is 14.7. The molecule has 0 radical (unpaired) electrons. The highest BCUT2D eigenvalue weighted by Crippen LogP contribution is 2.18. The first-order valence-electron chi connectivity index (χ1n) is 6.67. The van der Waals surface area contributed by atoms with Gasteiger partial charge in [0, 0.05) is 38.9 Å². The van der Waals surface area contributed by atoms with Crippen molar-refractivity contribution in [2.45, 2.75) is 19.4 Å². The van der Waals surface area contributed by atoms with Crippen molar-refractivity contribution in [3.8, 4) is 0 Å². The molecule has 0 aromatic carbocycles. The molecule has 1 aromatic rings. The molecule has 2 heterocycles. The number of hydrogen-bond acceptors (Lipinski definition) is 3. The van der Waals surface area contributed by atoms with Crippen molar-refractivity contribution in [3.05, 3.63) is 18.0 Å². The largest absolute Gasteiger partial charge is 0.481 e. The minimum atomic E-state index is -0.822. The predicted molar refractivity (Wildman–Crippen MR) is 72.0 cm³/mol. The maximum Gasteiger partial charge on any atom is 0.320 e. The van der Waals surface area contributed by atoms with Gasteiger partial charge in [0.2, 0.25) is 0 Å². The summed E-state index contributed by atoms with van der Waals surface area (Å²) in [4.78, 5) is 26.6. The number of carboxylic acids is 1. The summed E-state index contributed by atoms with van der Waals surface area (Å²) in [6.45, 7) is 1.40. The van der Waals surface area contributed by atoms with E-state index in [1.165, 1.54) is 0 Å². The van der Waals surface area contributed by atoms with E-state index in [9.17, 15) is 9.59 Å². The Morgan fingerprint density at radius 2 is 2.30 bits per heavy atom. The van der Waals surface area contributed by atoms with E-state index in [1.54, 1.807) is 27.7 Å². The number of carbonyl (C=O) groups excluding carboxylic acids is 1. The van der Waals surface area contributed by atoms with Crippen LogP contribution in [0.15, 0.2) is 12.4 Å². The van der Waals surface area contributed by atoms with Gasteiger partial charge in [-0.05, 0) is 12.8 Å². The van der Waals surface area contributed by atoms with Crippen molar-refractivity contribution in [1.82, 2.24) is 19.6 Å². The molecule has 1 N–H and O–H groups in total. The Bertz CT molecular complexity index is 500. The zero-order valence-corrected chi connectivity index (χ0v) is 11.8. The quantitative estimate of drug-likeness (QED) is 0.887. The number of aryl methyl sites for hydroxylation is 1. The van der Waals surface area contributed by atoms with Crippen molar-refractivity contribution < 1.29 is 14.7 Å². The molecule has 1 aromatic heterocycles. The molecule has 1 saturated heterocycles. The number of hydrogen-bond donors (Lipinski definition) is 1. The van der Waals surface area contributed by atoms with E-state index >= 15 is 0 Å². The van der Waals surface area contributed by atoms with Crippen LogP contribution in [0.3, 0.4) is 0 Å². The number of aromatic nitrogens is 2. The van der Waals surface area contributed by atoms with Gasteiger partial charge in [0.1, 0.15) is 0 Å². The number of rotatable bonds is 3. The summed E-state index contributed by atoms with van der Waals surface area (Å²) in [5.74, 6) is -1.27. The number of amides is 2. The Kier molecular flexibility index (Phi) is 4.26. The van der Waals surface area contributed by atoms with Crippen LogP contribution in [0.1, 0.15) is 18.4 Å². The van der Waals surface area contributed by atoms with Gasteiger partial charge in [0.25, 0.3) is 0 Å². The average Bonchev–Trinajstić information content (AvgIpc) is 2.83. The number of urea groups is 1. The van der Waals surface area contributed by atoms with Crippen LogP contribution in [0, 0.1) is 5.92 Å². The highest BCUT2D eigenvalue weighted by Gasteiger charge is 2.29. The van der Waals surface area contributed by atoms with Gasteiger partial charge in [0.05, 0.1) is 18.7 Å². The standard InChI is InChI=1S/C13H20N4O3/c1-15(7-10-6-14-16(2)8-10)13(20)17-5-3-4-11(9-17)12(18)19/h6,8,11H,3-5,7,9H2,1-2H3,(H,18,19). The van der Waals surface area contributed by atoms with Gasteiger partial charge in [-0.3, -0.25) is 9.48 Å². The van der Waals surface area contributed by atoms with Gasteiger partial charge in [-0.15, -0.1) is 0 Å². The third-order valence-electron chi connectivity index (χ3n) is 3.55. The molecule has 0 spiro atoms. The van der Waals surface area contributed by atoms with Crippen molar-refractivity contribution in [3.63, 3.8) is 0 Å². The van der Waals surface area contributed by atoms with Crippen molar-refractivity contribution in [2.24, 2.45) is 13.0 Å². The molecule has 0 saturated carbocycles. The second kappa shape index (κ2) is 5.94. The lowest BCUT2D eigenvalue weighted by Gasteiger charge is -2.33. The lowest BCUT2D eigenvalue weighted by atomic mass is 9.99. The highest BCUT2D eigenvalue weighted by atomic mass is 16.4. The molecule has 7 nitrogen and oxygen atoms in total. The molecule has 110 valence electrons. The van der Waals surface area contributed by atoms with E-state index in [-0.39, 0.29) is 6.03 Å².